The minimum absolute atomic E-state index is 0.0342. The summed E-state index contributed by atoms with van der Waals surface area (Å²) in [6.07, 6.45) is 0.0997. The van der Waals surface area contributed by atoms with Crippen molar-refractivity contribution in [2.24, 2.45) is 10.7 Å². The van der Waals surface area contributed by atoms with Crippen LogP contribution in [0, 0.1) is 0 Å². The number of hydrogen-bond donors (Lipinski definition) is 1. The lowest BCUT2D eigenvalue weighted by Gasteiger charge is -2.28. The van der Waals surface area contributed by atoms with Gasteiger partial charge in [0.15, 0.2) is 0 Å². The first-order valence-corrected chi connectivity index (χ1v) is 6.83. The van der Waals surface area contributed by atoms with E-state index >= 15 is 0 Å². The normalized spacial score (nSPS) is 18.9. The minimum atomic E-state index is -0.307. The summed E-state index contributed by atoms with van der Waals surface area (Å²) in [5.41, 5.74) is 6.85. The summed E-state index contributed by atoms with van der Waals surface area (Å²) in [5, 5.41) is 0. The number of carbonyl (C=O) groups excluding carboxylic acids is 1. The molecule has 0 saturated heterocycles. The second-order valence-corrected chi connectivity index (χ2v) is 5.46. The van der Waals surface area contributed by atoms with Gasteiger partial charge in [-0.05, 0) is 45.4 Å². The van der Waals surface area contributed by atoms with Crippen molar-refractivity contribution in [3.63, 3.8) is 0 Å². The average molecular weight is 275 g/mol. The van der Waals surface area contributed by atoms with Crippen LogP contribution < -0.4 is 10.5 Å². The van der Waals surface area contributed by atoms with E-state index in [0.717, 1.165) is 11.3 Å². The first kappa shape index (κ1) is 14.4. The number of hydrogen-bond acceptors (Lipinski definition) is 3. The van der Waals surface area contributed by atoms with Crippen molar-refractivity contribution in [1.29, 1.82) is 0 Å². The molecule has 2 N–H and O–H groups in total. The molecule has 2 amide bonds. The molecule has 1 unspecified atom stereocenters. The summed E-state index contributed by atoms with van der Waals surface area (Å²) < 4.78 is 5.69. The molecule has 1 aliphatic rings. The Morgan fingerprint density at radius 2 is 2.00 bits per heavy atom. The summed E-state index contributed by atoms with van der Waals surface area (Å²) >= 11 is 0. The van der Waals surface area contributed by atoms with E-state index in [4.69, 9.17) is 10.5 Å². The molecule has 0 bridgehead atoms. The fourth-order valence-corrected chi connectivity index (χ4v) is 2.36. The molecule has 2 rings (SSSR count). The van der Waals surface area contributed by atoms with Gasteiger partial charge in [-0.15, -0.1) is 0 Å². The van der Waals surface area contributed by atoms with Crippen molar-refractivity contribution < 1.29 is 9.53 Å². The molecule has 0 aliphatic carbocycles. The Morgan fingerprint density at radius 1 is 1.30 bits per heavy atom. The second-order valence-electron chi connectivity index (χ2n) is 5.46. The zero-order chi connectivity index (χ0) is 14.9. The van der Waals surface area contributed by atoms with E-state index in [9.17, 15) is 4.79 Å². The molecule has 1 aromatic rings. The van der Waals surface area contributed by atoms with E-state index < -0.39 is 0 Å². The molecule has 0 fully saturated rings. The molecule has 0 radical (unpaired) electrons. The third-order valence-corrected chi connectivity index (χ3v) is 3.11. The molecule has 1 atom stereocenters. The van der Waals surface area contributed by atoms with Gasteiger partial charge in [-0.25, -0.2) is 4.79 Å². The molecule has 0 aromatic heterocycles. The van der Waals surface area contributed by atoms with Crippen LogP contribution in [0.3, 0.4) is 0 Å². The monoisotopic (exact) mass is 275 g/mol. The van der Waals surface area contributed by atoms with Crippen LogP contribution in [0.15, 0.2) is 29.3 Å². The number of ether oxygens (including phenoxy) is 1. The number of aliphatic imine (C=N–C) groups is 1. The van der Waals surface area contributed by atoms with E-state index in [1.807, 2.05) is 52.0 Å². The van der Waals surface area contributed by atoms with E-state index in [0.29, 0.717) is 5.84 Å². The highest BCUT2D eigenvalue weighted by molar-refractivity contribution is 6.03. The largest absolute Gasteiger partial charge is 0.491 e. The number of benzene rings is 1. The smallest absolute Gasteiger partial charge is 0.346 e. The third kappa shape index (κ3) is 2.76. The lowest BCUT2D eigenvalue weighted by molar-refractivity contribution is 0.190. The molecule has 1 aliphatic heterocycles. The first-order chi connectivity index (χ1) is 9.40. The Morgan fingerprint density at radius 3 is 2.60 bits per heavy atom. The highest BCUT2D eigenvalue weighted by Gasteiger charge is 2.36. The Bertz CT molecular complexity index is 538. The van der Waals surface area contributed by atoms with Crippen molar-refractivity contribution in [3.05, 3.63) is 29.8 Å². The first-order valence-electron chi connectivity index (χ1n) is 6.83. The van der Waals surface area contributed by atoms with Crippen molar-refractivity contribution in [2.75, 3.05) is 0 Å². The summed E-state index contributed by atoms with van der Waals surface area (Å²) in [6.45, 7) is 7.85. The molecular formula is C15H21N3O2. The van der Waals surface area contributed by atoms with Crippen LogP contribution in [-0.4, -0.2) is 28.9 Å². The minimum Gasteiger partial charge on any atom is -0.491 e. The summed E-state index contributed by atoms with van der Waals surface area (Å²) in [5.74, 6) is 1.11. The lowest BCUT2D eigenvalue weighted by Crippen LogP contribution is -2.38. The fraction of sp³-hybridized carbons (Fsp3) is 0.467. The Labute approximate surface area is 119 Å². The standard InChI is InChI=1S/C15H21N3O2/c1-9(2)18-13(14(16)17-15(18)19)11-6-5-7-12(8-11)20-10(3)4/h5-10,13H,1-4H3,(H2,16,17,19). The summed E-state index contributed by atoms with van der Waals surface area (Å²) in [6, 6.07) is 7.10. The van der Waals surface area contributed by atoms with E-state index in [2.05, 4.69) is 4.99 Å². The Kier molecular flexibility index (Phi) is 3.97. The molecule has 5 nitrogen and oxygen atoms in total. The maximum atomic E-state index is 11.9. The molecule has 1 aromatic carbocycles. The van der Waals surface area contributed by atoms with Gasteiger partial charge in [-0.2, -0.15) is 4.99 Å². The topological polar surface area (TPSA) is 67.9 Å². The van der Waals surface area contributed by atoms with Crippen LogP contribution >= 0.6 is 0 Å². The molecular weight excluding hydrogens is 254 g/mol. The van der Waals surface area contributed by atoms with Gasteiger partial charge in [0, 0.05) is 6.04 Å². The van der Waals surface area contributed by atoms with E-state index in [-0.39, 0.29) is 24.2 Å². The van der Waals surface area contributed by atoms with Crippen molar-refractivity contribution in [3.8, 4) is 5.75 Å². The van der Waals surface area contributed by atoms with Crippen LogP contribution in [0.25, 0.3) is 0 Å². The Hall–Kier alpha value is -2.04. The van der Waals surface area contributed by atoms with Gasteiger partial charge in [0.1, 0.15) is 17.6 Å². The number of urea groups is 1. The highest BCUT2D eigenvalue weighted by Crippen LogP contribution is 2.30. The van der Waals surface area contributed by atoms with Gasteiger partial charge < -0.3 is 15.4 Å². The quantitative estimate of drug-likeness (QED) is 0.918. The lowest BCUT2D eigenvalue weighted by atomic mass is 10.0. The van der Waals surface area contributed by atoms with Crippen molar-refractivity contribution in [1.82, 2.24) is 4.90 Å². The van der Waals surface area contributed by atoms with Crippen LogP contribution in [0.5, 0.6) is 5.75 Å². The number of carbonyl (C=O) groups is 1. The van der Waals surface area contributed by atoms with Crippen LogP contribution in [0.4, 0.5) is 4.79 Å². The molecule has 20 heavy (non-hydrogen) atoms. The van der Waals surface area contributed by atoms with Crippen LogP contribution in [0.2, 0.25) is 0 Å². The van der Waals surface area contributed by atoms with Gasteiger partial charge in [0.25, 0.3) is 0 Å². The second kappa shape index (κ2) is 5.53. The maximum absolute atomic E-state index is 11.9. The zero-order valence-corrected chi connectivity index (χ0v) is 12.3. The zero-order valence-electron chi connectivity index (χ0n) is 12.3. The molecule has 0 saturated carbocycles. The van der Waals surface area contributed by atoms with Gasteiger partial charge in [0.2, 0.25) is 0 Å². The number of amides is 2. The average Bonchev–Trinajstić information content (AvgIpc) is 2.63. The summed E-state index contributed by atoms with van der Waals surface area (Å²) in [4.78, 5) is 17.5. The number of nitrogens with zero attached hydrogens (tertiary/aromatic N) is 2. The SMILES string of the molecule is CC(C)Oc1cccc(C2C(N)=NC(=O)N2C(C)C)c1. The predicted molar refractivity (Wildman–Crippen MR) is 78.9 cm³/mol. The summed E-state index contributed by atoms with van der Waals surface area (Å²) in [7, 11) is 0. The van der Waals surface area contributed by atoms with Crippen molar-refractivity contribution in [2.45, 2.75) is 45.9 Å². The van der Waals surface area contributed by atoms with Crippen LogP contribution in [-0.2, 0) is 0 Å². The highest BCUT2D eigenvalue weighted by atomic mass is 16.5. The maximum Gasteiger partial charge on any atom is 0.346 e. The molecule has 108 valence electrons. The third-order valence-electron chi connectivity index (χ3n) is 3.11. The number of amidine groups is 1. The number of rotatable bonds is 4. The molecule has 1 heterocycles. The van der Waals surface area contributed by atoms with Gasteiger partial charge in [0.05, 0.1) is 6.10 Å². The van der Waals surface area contributed by atoms with Gasteiger partial charge in [-0.3, -0.25) is 0 Å². The molecule has 5 heteroatoms. The fourth-order valence-electron chi connectivity index (χ4n) is 2.36. The van der Waals surface area contributed by atoms with Crippen molar-refractivity contribution >= 4 is 11.9 Å². The van der Waals surface area contributed by atoms with Gasteiger partial charge in [-0.1, -0.05) is 12.1 Å². The predicted octanol–water partition coefficient (Wildman–Crippen LogP) is 2.72. The van der Waals surface area contributed by atoms with E-state index in [1.165, 1.54) is 0 Å². The van der Waals surface area contributed by atoms with Gasteiger partial charge >= 0.3 is 6.03 Å². The Balaban J connectivity index is 2.34. The van der Waals surface area contributed by atoms with E-state index in [1.54, 1.807) is 4.90 Å². The van der Waals surface area contributed by atoms with Crippen LogP contribution in [0.1, 0.15) is 39.3 Å². The molecule has 0 spiro atoms. The number of nitrogens with two attached hydrogens (primary N) is 1.